The molecule has 0 aromatic heterocycles. The van der Waals surface area contributed by atoms with Gasteiger partial charge in [0.25, 0.3) is 0 Å². The quantitative estimate of drug-likeness (QED) is 0.389. The lowest BCUT2D eigenvalue weighted by molar-refractivity contribution is -0.164. The van der Waals surface area contributed by atoms with Crippen molar-refractivity contribution in [2.24, 2.45) is 5.92 Å². The van der Waals surface area contributed by atoms with Crippen molar-refractivity contribution in [3.63, 3.8) is 0 Å². The van der Waals surface area contributed by atoms with E-state index in [0.717, 1.165) is 12.8 Å². The summed E-state index contributed by atoms with van der Waals surface area (Å²) in [6.07, 6.45) is 1.98. The van der Waals surface area contributed by atoms with Crippen LogP contribution in [0.4, 0.5) is 0 Å². The second kappa shape index (κ2) is 6.52. The lowest BCUT2D eigenvalue weighted by Gasteiger charge is -2.45. The van der Waals surface area contributed by atoms with Gasteiger partial charge in [0, 0.05) is 6.54 Å². The van der Waals surface area contributed by atoms with Crippen LogP contribution in [0.25, 0.3) is 0 Å². The van der Waals surface area contributed by atoms with Crippen molar-refractivity contribution in [2.45, 2.75) is 46.1 Å². The number of ether oxygens (including phenoxy) is 1. The number of ketones is 1. The molecule has 1 fully saturated rings. The van der Waals surface area contributed by atoms with Crippen molar-refractivity contribution in [3.8, 4) is 0 Å². The predicted molar refractivity (Wildman–Crippen MR) is 65.8 cm³/mol. The topological polar surface area (TPSA) is 63.7 Å². The molecular weight excluding hydrogens is 234 g/mol. The number of hydrogen-bond acceptors (Lipinski definition) is 4. The smallest absolute Gasteiger partial charge is 0.307 e. The Morgan fingerprint density at radius 1 is 1.33 bits per heavy atom. The molecule has 0 saturated carbocycles. The van der Waals surface area contributed by atoms with Crippen LogP contribution in [0, 0.1) is 5.92 Å². The van der Waals surface area contributed by atoms with Crippen molar-refractivity contribution in [3.05, 3.63) is 0 Å². The SMILES string of the molecule is CCCCN1C(=O)[C@@H](C(C)=O)[C@@H]1CC(=O)OCC. The van der Waals surface area contributed by atoms with Crippen LogP contribution in [-0.2, 0) is 19.1 Å². The Hall–Kier alpha value is -1.39. The molecule has 0 spiro atoms. The van der Waals surface area contributed by atoms with E-state index >= 15 is 0 Å². The van der Waals surface area contributed by atoms with Crippen LogP contribution in [0.5, 0.6) is 0 Å². The van der Waals surface area contributed by atoms with Gasteiger partial charge in [-0.3, -0.25) is 14.4 Å². The zero-order chi connectivity index (χ0) is 13.7. The van der Waals surface area contributed by atoms with Crippen LogP contribution in [-0.4, -0.2) is 41.8 Å². The summed E-state index contributed by atoms with van der Waals surface area (Å²) in [5.74, 6) is -1.30. The molecule has 5 heteroatoms. The number of likely N-dealkylation sites (tertiary alicyclic amines) is 1. The second-order valence-corrected chi connectivity index (χ2v) is 4.55. The minimum absolute atomic E-state index is 0.119. The molecule has 0 radical (unpaired) electrons. The molecule has 0 bridgehead atoms. The number of amides is 1. The van der Waals surface area contributed by atoms with Gasteiger partial charge in [-0.2, -0.15) is 0 Å². The Kier molecular flexibility index (Phi) is 5.31. The van der Waals surface area contributed by atoms with Crippen LogP contribution in [0.1, 0.15) is 40.0 Å². The van der Waals surface area contributed by atoms with Crippen LogP contribution in [0.3, 0.4) is 0 Å². The molecule has 0 aromatic rings. The molecule has 2 atom stereocenters. The minimum atomic E-state index is -0.647. The summed E-state index contributed by atoms with van der Waals surface area (Å²) < 4.78 is 4.88. The summed E-state index contributed by atoms with van der Waals surface area (Å²) in [7, 11) is 0. The van der Waals surface area contributed by atoms with Gasteiger partial charge in [-0.1, -0.05) is 13.3 Å². The zero-order valence-corrected chi connectivity index (χ0v) is 11.3. The standard InChI is InChI=1S/C13H21NO4/c1-4-6-7-14-10(8-11(16)18-5-2)12(9(3)15)13(14)17/h10,12H,4-8H2,1-3H3/t10-,12-/m0/s1. The summed E-state index contributed by atoms with van der Waals surface area (Å²) in [4.78, 5) is 36.3. The minimum Gasteiger partial charge on any atom is -0.466 e. The van der Waals surface area contributed by atoms with E-state index in [-0.39, 0.29) is 30.1 Å². The van der Waals surface area contributed by atoms with Crippen molar-refractivity contribution in [2.75, 3.05) is 13.2 Å². The van der Waals surface area contributed by atoms with Gasteiger partial charge in [0.15, 0.2) is 0 Å². The molecule has 1 rings (SSSR count). The summed E-state index contributed by atoms with van der Waals surface area (Å²) in [5.41, 5.74) is 0. The predicted octanol–water partition coefficient (Wildman–Crippen LogP) is 1.16. The Morgan fingerprint density at radius 3 is 2.50 bits per heavy atom. The second-order valence-electron chi connectivity index (χ2n) is 4.55. The number of rotatable bonds is 7. The van der Waals surface area contributed by atoms with E-state index in [9.17, 15) is 14.4 Å². The fraction of sp³-hybridized carbons (Fsp3) is 0.769. The van der Waals surface area contributed by atoms with Gasteiger partial charge >= 0.3 is 5.97 Å². The molecule has 1 amide bonds. The van der Waals surface area contributed by atoms with E-state index in [1.165, 1.54) is 6.92 Å². The summed E-state index contributed by atoms with van der Waals surface area (Å²) in [6, 6.07) is -0.305. The van der Waals surface area contributed by atoms with Gasteiger partial charge in [-0.25, -0.2) is 0 Å². The van der Waals surface area contributed by atoms with Crippen molar-refractivity contribution in [1.29, 1.82) is 0 Å². The van der Waals surface area contributed by atoms with Crippen molar-refractivity contribution < 1.29 is 19.1 Å². The maximum atomic E-state index is 11.8. The summed E-state index contributed by atoms with van der Waals surface area (Å²) >= 11 is 0. The van der Waals surface area contributed by atoms with Crippen LogP contribution >= 0.6 is 0 Å². The third-order valence-electron chi connectivity index (χ3n) is 3.21. The van der Waals surface area contributed by atoms with Crippen LogP contribution < -0.4 is 0 Å². The summed E-state index contributed by atoms with van der Waals surface area (Å²) in [5, 5.41) is 0. The van der Waals surface area contributed by atoms with E-state index < -0.39 is 5.92 Å². The highest BCUT2D eigenvalue weighted by molar-refractivity contribution is 6.06. The Morgan fingerprint density at radius 2 is 2.00 bits per heavy atom. The average molecular weight is 255 g/mol. The number of carbonyl (C=O) groups excluding carboxylic acids is 3. The van der Waals surface area contributed by atoms with Crippen molar-refractivity contribution >= 4 is 17.7 Å². The Bertz CT molecular complexity index is 340. The number of carbonyl (C=O) groups is 3. The Balaban J connectivity index is 2.64. The number of Topliss-reactive ketones (excluding diaryl/α,β-unsaturated/α-hetero) is 1. The number of unbranched alkanes of at least 4 members (excludes halogenated alkanes) is 1. The highest BCUT2D eigenvalue weighted by Crippen LogP contribution is 2.30. The lowest BCUT2D eigenvalue weighted by atomic mass is 9.82. The monoisotopic (exact) mass is 255 g/mol. The van der Waals surface area contributed by atoms with Gasteiger partial charge in [-0.15, -0.1) is 0 Å². The van der Waals surface area contributed by atoms with E-state index in [1.807, 2.05) is 6.92 Å². The lowest BCUT2D eigenvalue weighted by Crippen LogP contribution is -2.63. The fourth-order valence-electron chi connectivity index (χ4n) is 2.27. The van der Waals surface area contributed by atoms with Crippen LogP contribution in [0.15, 0.2) is 0 Å². The maximum absolute atomic E-state index is 11.8. The first-order valence-electron chi connectivity index (χ1n) is 6.49. The van der Waals surface area contributed by atoms with E-state index in [1.54, 1.807) is 11.8 Å². The van der Waals surface area contributed by atoms with Crippen molar-refractivity contribution in [1.82, 2.24) is 4.90 Å². The van der Waals surface area contributed by atoms with Gasteiger partial charge < -0.3 is 9.64 Å². The molecular formula is C13H21NO4. The average Bonchev–Trinajstić information content (AvgIpc) is 2.28. The first-order valence-corrected chi connectivity index (χ1v) is 6.49. The first-order chi connectivity index (χ1) is 8.52. The van der Waals surface area contributed by atoms with Gasteiger partial charge in [0.05, 0.1) is 19.1 Å². The largest absolute Gasteiger partial charge is 0.466 e. The molecule has 18 heavy (non-hydrogen) atoms. The van der Waals surface area contributed by atoms with Gasteiger partial charge in [0.2, 0.25) is 5.91 Å². The molecule has 5 nitrogen and oxygen atoms in total. The number of esters is 1. The van der Waals surface area contributed by atoms with Gasteiger partial charge in [0.1, 0.15) is 11.7 Å². The molecule has 0 N–H and O–H groups in total. The highest BCUT2D eigenvalue weighted by Gasteiger charge is 2.50. The molecule has 0 unspecified atom stereocenters. The molecule has 0 aliphatic carbocycles. The number of β-lactam (4-membered cyclic amide) rings is 1. The van der Waals surface area contributed by atoms with E-state index in [4.69, 9.17) is 4.74 Å². The molecule has 1 heterocycles. The van der Waals surface area contributed by atoms with E-state index in [2.05, 4.69) is 0 Å². The normalized spacial score (nSPS) is 22.6. The van der Waals surface area contributed by atoms with E-state index in [0.29, 0.717) is 13.2 Å². The summed E-state index contributed by atoms with van der Waals surface area (Å²) in [6.45, 7) is 6.11. The van der Waals surface area contributed by atoms with Gasteiger partial charge in [-0.05, 0) is 20.3 Å². The molecule has 0 aromatic carbocycles. The maximum Gasteiger partial charge on any atom is 0.307 e. The molecule has 102 valence electrons. The third-order valence-corrected chi connectivity index (χ3v) is 3.21. The highest BCUT2D eigenvalue weighted by atomic mass is 16.5. The number of nitrogens with zero attached hydrogens (tertiary/aromatic N) is 1. The third kappa shape index (κ3) is 3.09. The fourth-order valence-corrected chi connectivity index (χ4v) is 2.27. The molecule has 1 aliphatic rings. The number of hydrogen-bond donors (Lipinski definition) is 0. The molecule has 1 saturated heterocycles. The first kappa shape index (κ1) is 14.7. The Labute approximate surface area is 107 Å². The molecule has 1 aliphatic heterocycles. The zero-order valence-electron chi connectivity index (χ0n) is 11.3. The van der Waals surface area contributed by atoms with Crippen LogP contribution in [0.2, 0.25) is 0 Å².